The molecule has 1 N–H and O–H groups in total. The Morgan fingerprint density at radius 2 is 1.67 bits per heavy atom. The summed E-state index contributed by atoms with van der Waals surface area (Å²) in [7, 11) is 0. The maximum Gasteiger partial charge on any atom is 0.277 e. The molecule has 0 aliphatic rings. The summed E-state index contributed by atoms with van der Waals surface area (Å²) in [6.45, 7) is 5.51. The average molecular weight is 360 g/mol. The third kappa shape index (κ3) is 5.14. The van der Waals surface area contributed by atoms with Gasteiger partial charge in [0.1, 0.15) is 17.8 Å². The number of amides is 1. The normalized spacial score (nSPS) is 10.6. The van der Waals surface area contributed by atoms with Gasteiger partial charge >= 0.3 is 0 Å². The molecule has 3 rings (SSSR count). The first-order chi connectivity index (χ1) is 13.1. The number of nitrogens with zero attached hydrogens (tertiary/aromatic N) is 3. The number of benzene rings is 2. The summed E-state index contributed by atoms with van der Waals surface area (Å²) in [6, 6.07) is 21.3. The molecule has 0 aliphatic carbocycles. The number of aromatic nitrogens is 2. The van der Waals surface area contributed by atoms with Crippen LogP contribution in [-0.4, -0.2) is 22.4 Å². The lowest BCUT2D eigenvalue weighted by Crippen LogP contribution is -2.31. The fourth-order valence-corrected chi connectivity index (χ4v) is 2.67. The molecule has 2 aromatic carbocycles. The van der Waals surface area contributed by atoms with Crippen molar-refractivity contribution in [1.82, 2.24) is 9.97 Å². The van der Waals surface area contributed by atoms with E-state index < -0.39 is 0 Å². The van der Waals surface area contributed by atoms with E-state index in [1.54, 1.807) is 11.0 Å². The molecule has 5 nitrogen and oxygen atoms in total. The molecule has 0 atom stereocenters. The molecule has 0 unspecified atom stereocenters. The minimum absolute atomic E-state index is 0.153. The topological polar surface area (TPSA) is 58.1 Å². The van der Waals surface area contributed by atoms with Gasteiger partial charge in [0.05, 0.1) is 6.54 Å². The molecule has 0 aliphatic heterocycles. The van der Waals surface area contributed by atoms with Crippen LogP contribution in [0.5, 0.6) is 0 Å². The highest BCUT2D eigenvalue weighted by atomic mass is 16.2. The third-order valence-electron chi connectivity index (χ3n) is 4.07. The maximum atomic E-state index is 13.2. The number of hydrogen-bond acceptors (Lipinski definition) is 4. The first-order valence-electron chi connectivity index (χ1n) is 9.10. The van der Waals surface area contributed by atoms with E-state index in [1.807, 2.05) is 60.7 Å². The molecule has 0 saturated heterocycles. The highest BCUT2D eigenvalue weighted by Gasteiger charge is 2.20. The van der Waals surface area contributed by atoms with Crippen LogP contribution in [0.4, 0.5) is 11.5 Å². The van der Waals surface area contributed by atoms with Crippen molar-refractivity contribution < 1.29 is 4.79 Å². The van der Waals surface area contributed by atoms with Gasteiger partial charge in [-0.05, 0) is 23.6 Å². The van der Waals surface area contributed by atoms with E-state index in [2.05, 4.69) is 29.1 Å². The lowest BCUT2D eigenvalue weighted by atomic mass is 10.1. The minimum Gasteiger partial charge on any atom is -0.370 e. The Kier molecular flexibility index (Phi) is 6.15. The predicted octanol–water partition coefficient (Wildman–Crippen LogP) is 4.39. The van der Waals surface area contributed by atoms with Crippen molar-refractivity contribution in [2.24, 2.45) is 5.92 Å². The van der Waals surface area contributed by atoms with Crippen LogP contribution in [-0.2, 0) is 6.54 Å². The number of carbonyl (C=O) groups excluding carboxylic acids is 1. The van der Waals surface area contributed by atoms with Gasteiger partial charge in [0.2, 0.25) is 0 Å². The highest BCUT2D eigenvalue weighted by molar-refractivity contribution is 6.05. The van der Waals surface area contributed by atoms with Gasteiger partial charge in [-0.2, -0.15) is 0 Å². The minimum atomic E-state index is -0.153. The van der Waals surface area contributed by atoms with Crippen LogP contribution in [0.3, 0.4) is 0 Å². The smallest absolute Gasteiger partial charge is 0.277 e. The summed E-state index contributed by atoms with van der Waals surface area (Å²) in [5.74, 6) is 0.993. The van der Waals surface area contributed by atoms with E-state index in [1.165, 1.54) is 6.33 Å². The second kappa shape index (κ2) is 8.94. The third-order valence-corrected chi connectivity index (χ3v) is 4.07. The summed E-state index contributed by atoms with van der Waals surface area (Å²) < 4.78 is 0. The lowest BCUT2D eigenvalue weighted by molar-refractivity contribution is 0.0980. The Labute approximate surface area is 160 Å². The van der Waals surface area contributed by atoms with E-state index >= 15 is 0 Å². The first kappa shape index (κ1) is 18.6. The van der Waals surface area contributed by atoms with Crippen LogP contribution in [0.25, 0.3) is 0 Å². The molecular weight excluding hydrogens is 336 g/mol. The highest BCUT2D eigenvalue weighted by Crippen LogP contribution is 2.20. The number of rotatable bonds is 7. The van der Waals surface area contributed by atoms with Gasteiger partial charge in [-0.25, -0.2) is 9.97 Å². The van der Waals surface area contributed by atoms with Crippen LogP contribution in [0.15, 0.2) is 73.1 Å². The molecule has 1 aromatic heterocycles. The SMILES string of the molecule is CC(C)CNc1cc(C(=O)N(Cc2ccccc2)c2ccccc2)ncn1. The summed E-state index contributed by atoms with van der Waals surface area (Å²) in [6.07, 6.45) is 1.43. The van der Waals surface area contributed by atoms with E-state index in [9.17, 15) is 4.79 Å². The van der Waals surface area contributed by atoms with Crippen molar-refractivity contribution >= 4 is 17.4 Å². The fourth-order valence-electron chi connectivity index (χ4n) is 2.67. The van der Waals surface area contributed by atoms with E-state index in [0.717, 1.165) is 17.8 Å². The summed E-state index contributed by atoms with van der Waals surface area (Å²) in [4.78, 5) is 23.4. The number of hydrogen-bond donors (Lipinski definition) is 1. The monoisotopic (exact) mass is 360 g/mol. The number of carbonyl (C=O) groups is 1. The molecule has 0 saturated carbocycles. The van der Waals surface area contributed by atoms with Crippen molar-refractivity contribution in [2.45, 2.75) is 20.4 Å². The number of nitrogens with one attached hydrogen (secondary N) is 1. The van der Waals surface area contributed by atoms with Crippen molar-refractivity contribution in [1.29, 1.82) is 0 Å². The molecule has 27 heavy (non-hydrogen) atoms. The lowest BCUT2D eigenvalue weighted by Gasteiger charge is -2.23. The molecule has 0 fully saturated rings. The Morgan fingerprint density at radius 1 is 1.00 bits per heavy atom. The van der Waals surface area contributed by atoms with Crippen LogP contribution in [0, 0.1) is 5.92 Å². The zero-order valence-corrected chi connectivity index (χ0v) is 15.7. The summed E-state index contributed by atoms with van der Waals surface area (Å²) in [5.41, 5.74) is 2.26. The Bertz CT molecular complexity index is 866. The van der Waals surface area contributed by atoms with Crippen molar-refractivity contribution in [2.75, 3.05) is 16.8 Å². The predicted molar refractivity (Wildman–Crippen MR) is 109 cm³/mol. The fraction of sp³-hybridized carbons (Fsp3) is 0.227. The van der Waals surface area contributed by atoms with Crippen LogP contribution in [0.1, 0.15) is 29.9 Å². The van der Waals surface area contributed by atoms with Crippen LogP contribution < -0.4 is 10.2 Å². The molecule has 1 amide bonds. The Balaban J connectivity index is 1.88. The zero-order chi connectivity index (χ0) is 19.1. The van der Waals surface area contributed by atoms with Gasteiger partial charge in [0.25, 0.3) is 5.91 Å². The average Bonchev–Trinajstić information content (AvgIpc) is 2.71. The molecule has 0 bridgehead atoms. The molecular formula is C22H24N4O. The van der Waals surface area contributed by atoms with E-state index in [-0.39, 0.29) is 5.91 Å². The summed E-state index contributed by atoms with van der Waals surface area (Å²) >= 11 is 0. The standard InChI is InChI=1S/C22H24N4O/c1-17(2)14-23-21-13-20(24-16-25-21)22(27)26(19-11-7-4-8-12-19)15-18-9-5-3-6-10-18/h3-13,16-17H,14-15H2,1-2H3,(H,23,24,25). The first-order valence-corrected chi connectivity index (χ1v) is 9.10. The molecule has 1 heterocycles. The Hall–Kier alpha value is -3.21. The number of para-hydroxylation sites is 1. The Morgan fingerprint density at radius 3 is 2.33 bits per heavy atom. The molecule has 3 aromatic rings. The molecule has 0 spiro atoms. The quantitative estimate of drug-likeness (QED) is 0.679. The van der Waals surface area contributed by atoms with Crippen LogP contribution in [0.2, 0.25) is 0 Å². The molecule has 0 radical (unpaired) electrons. The zero-order valence-electron chi connectivity index (χ0n) is 15.7. The van der Waals surface area contributed by atoms with E-state index in [0.29, 0.717) is 24.0 Å². The van der Waals surface area contributed by atoms with Gasteiger partial charge in [-0.1, -0.05) is 62.4 Å². The largest absolute Gasteiger partial charge is 0.370 e. The second-order valence-corrected chi connectivity index (χ2v) is 6.78. The van der Waals surface area contributed by atoms with Crippen LogP contribution >= 0.6 is 0 Å². The molecule has 138 valence electrons. The van der Waals surface area contributed by atoms with Gasteiger partial charge in [-0.15, -0.1) is 0 Å². The maximum absolute atomic E-state index is 13.2. The van der Waals surface area contributed by atoms with Gasteiger partial charge in [0, 0.05) is 18.3 Å². The molecule has 5 heteroatoms. The van der Waals surface area contributed by atoms with Gasteiger partial charge < -0.3 is 10.2 Å². The van der Waals surface area contributed by atoms with Gasteiger partial charge in [0.15, 0.2) is 0 Å². The summed E-state index contributed by atoms with van der Waals surface area (Å²) in [5, 5.41) is 3.25. The van der Waals surface area contributed by atoms with Gasteiger partial charge in [-0.3, -0.25) is 4.79 Å². The number of anilines is 2. The van der Waals surface area contributed by atoms with E-state index in [4.69, 9.17) is 0 Å². The van der Waals surface area contributed by atoms with Crippen molar-refractivity contribution in [3.63, 3.8) is 0 Å². The van der Waals surface area contributed by atoms with Crippen molar-refractivity contribution in [3.05, 3.63) is 84.3 Å². The second-order valence-electron chi connectivity index (χ2n) is 6.78. The van der Waals surface area contributed by atoms with Crippen molar-refractivity contribution in [3.8, 4) is 0 Å².